The van der Waals surface area contributed by atoms with Gasteiger partial charge in [-0.15, -0.1) is 0 Å². The summed E-state index contributed by atoms with van der Waals surface area (Å²) < 4.78 is 13.4. The molecular weight excluding hydrogens is 251 g/mol. The summed E-state index contributed by atoms with van der Waals surface area (Å²) in [4.78, 5) is 18.0. The Hall–Kier alpha value is -1.23. The maximum atomic E-state index is 13.1. The van der Waals surface area contributed by atoms with Crippen LogP contribution in [0.5, 0.6) is 0 Å². The number of nitrogens with one attached hydrogen (secondary N) is 1. The molecule has 0 aliphatic rings. The third-order valence-electron chi connectivity index (χ3n) is 1.87. The molecule has 0 unspecified atom stereocenters. The Labute approximate surface area is 87.1 Å². The minimum atomic E-state index is -0.421. The zero-order valence-electron chi connectivity index (χ0n) is 7.27. The van der Waals surface area contributed by atoms with Gasteiger partial charge >= 0.3 is 0 Å². The highest BCUT2D eigenvalue weighted by atomic mass is 79.9. The van der Waals surface area contributed by atoms with Gasteiger partial charge in [-0.2, -0.15) is 0 Å². The second kappa shape index (κ2) is 3.16. The molecule has 0 amide bonds. The van der Waals surface area contributed by atoms with E-state index in [1.165, 1.54) is 12.1 Å². The van der Waals surface area contributed by atoms with E-state index in [9.17, 15) is 9.18 Å². The Balaban J connectivity index is 2.96. The second-order valence-electron chi connectivity index (χ2n) is 2.93. The van der Waals surface area contributed by atoms with Gasteiger partial charge in [0.2, 0.25) is 0 Å². The third-order valence-corrected chi connectivity index (χ3v) is 2.47. The van der Waals surface area contributed by atoms with E-state index in [0.29, 0.717) is 16.7 Å². The van der Waals surface area contributed by atoms with Crippen molar-refractivity contribution in [3.8, 4) is 0 Å². The monoisotopic (exact) mass is 256 g/mol. The lowest BCUT2D eigenvalue weighted by atomic mass is 10.2. The van der Waals surface area contributed by atoms with Gasteiger partial charge in [0.05, 0.1) is 15.4 Å². The van der Waals surface area contributed by atoms with Crippen molar-refractivity contribution in [1.82, 2.24) is 9.97 Å². The quantitative estimate of drug-likeness (QED) is 0.785. The molecule has 0 saturated carbocycles. The van der Waals surface area contributed by atoms with Crippen LogP contribution in [0.15, 0.2) is 21.4 Å². The molecule has 1 N–H and O–H groups in total. The first kappa shape index (κ1) is 9.33. The third kappa shape index (κ3) is 1.43. The number of hydrogen-bond acceptors (Lipinski definition) is 2. The molecule has 1 aromatic carbocycles. The fraction of sp³-hybridized carbons (Fsp3) is 0.111. The van der Waals surface area contributed by atoms with E-state index >= 15 is 0 Å². The molecule has 0 bridgehead atoms. The number of aromatic nitrogens is 2. The van der Waals surface area contributed by atoms with Crippen molar-refractivity contribution in [3.05, 3.63) is 38.6 Å². The molecule has 0 aliphatic heterocycles. The smallest absolute Gasteiger partial charge is 0.258 e. The van der Waals surface area contributed by atoms with Crippen LogP contribution < -0.4 is 5.56 Å². The molecule has 3 nitrogen and oxygen atoms in total. The highest BCUT2D eigenvalue weighted by Crippen LogP contribution is 2.19. The zero-order valence-corrected chi connectivity index (χ0v) is 8.85. The molecule has 1 heterocycles. The van der Waals surface area contributed by atoms with Crippen LogP contribution in [0.2, 0.25) is 0 Å². The fourth-order valence-corrected chi connectivity index (χ4v) is 1.59. The van der Waals surface area contributed by atoms with Crippen molar-refractivity contribution in [2.24, 2.45) is 0 Å². The van der Waals surface area contributed by atoms with Gasteiger partial charge in [0.1, 0.15) is 11.6 Å². The molecule has 72 valence electrons. The Kier molecular flexibility index (Phi) is 2.11. The fourth-order valence-electron chi connectivity index (χ4n) is 1.25. The van der Waals surface area contributed by atoms with Gasteiger partial charge < -0.3 is 4.98 Å². The highest BCUT2D eigenvalue weighted by Gasteiger charge is 2.06. The number of hydrogen-bond donors (Lipinski definition) is 1. The predicted octanol–water partition coefficient (Wildman–Crippen LogP) is 2.13. The number of rotatable bonds is 0. The van der Waals surface area contributed by atoms with E-state index in [1.807, 2.05) is 0 Å². The lowest BCUT2D eigenvalue weighted by Crippen LogP contribution is -2.09. The van der Waals surface area contributed by atoms with Crippen molar-refractivity contribution in [2.45, 2.75) is 6.92 Å². The molecule has 14 heavy (non-hydrogen) atoms. The van der Waals surface area contributed by atoms with Gasteiger partial charge in [-0.05, 0) is 28.9 Å². The Bertz CT molecular complexity index is 564. The average Bonchev–Trinajstić information content (AvgIpc) is 2.08. The van der Waals surface area contributed by atoms with E-state index < -0.39 is 5.82 Å². The molecule has 1 aromatic heterocycles. The molecule has 0 radical (unpaired) electrons. The molecule has 2 rings (SSSR count). The van der Waals surface area contributed by atoms with Crippen LogP contribution in [-0.4, -0.2) is 9.97 Å². The normalized spacial score (nSPS) is 10.8. The molecule has 2 aromatic rings. The van der Waals surface area contributed by atoms with Crippen molar-refractivity contribution in [3.63, 3.8) is 0 Å². The first-order valence-electron chi connectivity index (χ1n) is 3.93. The molecular formula is C9H6BrFN2O. The SMILES string of the molecule is Cc1nc2cc(F)c(Br)cc2c(=O)[nH]1. The Morgan fingerprint density at radius 3 is 2.93 bits per heavy atom. The van der Waals surface area contributed by atoms with Crippen LogP contribution in [0, 0.1) is 12.7 Å². The summed E-state index contributed by atoms with van der Waals surface area (Å²) in [7, 11) is 0. The minimum Gasteiger partial charge on any atom is -0.310 e. The van der Waals surface area contributed by atoms with Crippen LogP contribution in [0.1, 0.15) is 5.82 Å². The summed E-state index contributed by atoms with van der Waals surface area (Å²) in [6, 6.07) is 2.66. The van der Waals surface area contributed by atoms with Gasteiger partial charge in [-0.1, -0.05) is 0 Å². The van der Waals surface area contributed by atoms with Crippen LogP contribution in [-0.2, 0) is 0 Å². The van der Waals surface area contributed by atoms with Gasteiger partial charge in [0, 0.05) is 6.07 Å². The topological polar surface area (TPSA) is 45.8 Å². The molecule has 0 aliphatic carbocycles. The van der Waals surface area contributed by atoms with Crippen molar-refractivity contribution in [2.75, 3.05) is 0 Å². The van der Waals surface area contributed by atoms with Crippen LogP contribution in [0.3, 0.4) is 0 Å². The van der Waals surface area contributed by atoms with Gasteiger partial charge in [0.25, 0.3) is 5.56 Å². The Morgan fingerprint density at radius 1 is 1.50 bits per heavy atom. The summed E-state index contributed by atoms with van der Waals surface area (Å²) >= 11 is 3.01. The van der Waals surface area contributed by atoms with Crippen molar-refractivity contribution < 1.29 is 4.39 Å². The first-order chi connectivity index (χ1) is 6.58. The Morgan fingerprint density at radius 2 is 2.21 bits per heavy atom. The van der Waals surface area contributed by atoms with E-state index in [0.717, 1.165) is 0 Å². The van der Waals surface area contributed by atoms with Crippen LogP contribution in [0.25, 0.3) is 10.9 Å². The van der Waals surface area contributed by atoms with E-state index in [4.69, 9.17) is 0 Å². The largest absolute Gasteiger partial charge is 0.310 e. The lowest BCUT2D eigenvalue weighted by molar-refractivity contribution is 0.622. The molecule has 0 atom stereocenters. The van der Waals surface area contributed by atoms with Crippen molar-refractivity contribution >= 4 is 26.8 Å². The lowest BCUT2D eigenvalue weighted by Gasteiger charge is -1.99. The predicted molar refractivity (Wildman–Crippen MR) is 54.8 cm³/mol. The van der Waals surface area contributed by atoms with E-state index in [1.54, 1.807) is 6.92 Å². The van der Waals surface area contributed by atoms with E-state index in [2.05, 4.69) is 25.9 Å². The molecule has 5 heteroatoms. The summed E-state index contributed by atoms with van der Waals surface area (Å²) in [6.45, 7) is 1.65. The average molecular weight is 257 g/mol. The van der Waals surface area contributed by atoms with Crippen LogP contribution >= 0.6 is 15.9 Å². The second-order valence-corrected chi connectivity index (χ2v) is 3.79. The first-order valence-corrected chi connectivity index (χ1v) is 4.73. The minimum absolute atomic E-state index is 0.256. The summed E-state index contributed by atoms with van der Waals surface area (Å²) in [6.07, 6.45) is 0. The summed E-state index contributed by atoms with van der Waals surface area (Å²) in [5.74, 6) is 0.0548. The number of halogens is 2. The number of nitrogens with zero attached hydrogens (tertiary/aromatic N) is 1. The molecule has 0 spiro atoms. The van der Waals surface area contributed by atoms with Gasteiger partial charge in [-0.25, -0.2) is 9.37 Å². The number of aromatic amines is 1. The van der Waals surface area contributed by atoms with Gasteiger partial charge in [0.15, 0.2) is 0 Å². The standard InChI is InChI=1S/C9H6BrFN2O/c1-4-12-8-3-7(11)6(10)2-5(8)9(14)13-4/h2-3H,1H3,(H,12,13,14). The number of H-pyrrole nitrogens is 1. The number of fused-ring (bicyclic) bond motifs is 1. The molecule has 0 fully saturated rings. The highest BCUT2D eigenvalue weighted by molar-refractivity contribution is 9.10. The van der Waals surface area contributed by atoms with E-state index in [-0.39, 0.29) is 10.0 Å². The zero-order chi connectivity index (χ0) is 10.3. The van der Waals surface area contributed by atoms with Gasteiger partial charge in [-0.3, -0.25) is 4.79 Å². The summed E-state index contributed by atoms with van der Waals surface area (Å²) in [5.41, 5.74) is 0.111. The van der Waals surface area contributed by atoms with Crippen LogP contribution in [0.4, 0.5) is 4.39 Å². The maximum absolute atomic E-state index is 13.1. The molecule has 0 saturated heterocycles. The maximum Gasteiger partial charge on any atom is 0.258 e. The van der Waals surface area contributed by atoms with Crippen molar-refractivity contribution in [1.29, 1.82) is 0 Å². The number of aryl methyl sites for hydroxylation is 1. The number of benzene rings is 1. The summed E-state index contributed by atoms with van der Waals surface area (Å²) in [5, 5.41) is 0.379.